The fourth-order valence-electron chi connectivity index (χ4n) is 2.68. The maximum atomic E-state index is 12.2. The highest BCUT2D eigenvalue weighted by Crippen LogP contribution is 2.16. The van der Waals surface area contributed by atoms with E-state index < -0.39 is 17.8 Å². The van der Waals surface area contributed by atoms with Crippen LogP contribution in [0.3, 0.4) is 0 Å². The molecule has 2 atom stereocenters. The summed E-state index contributed by atoms with van der Waals surface area (Å²) in [5.74, 6) is -0.0624. The van der Waals surface area contributed by atoms with Crippen molar-refractivity contribution >= 4 is 12.0 Å². The van der Waals surface area contributed by atoms with E-state index in [9.17, 15) is 9.59 Å². The fourth-order valence-corrected chi connectivity index (χ4v) is 2.68. The van der Waals surface area contributed by atoms with Gasteiger partial charge in [-0.15, -0.1) is 0 Å². The van der Waals surface area contributed by atoms with E-state index in [1.165, 1.54) is 0 Å². The molecular formula is C16H28N2O5. The minimum atomic E-state index is -0.522. The van der Waals surface area contributed by atoms with Gasteiger partial charge in [-0.1, -0.05) is 0 Å². The summed E-state index contributed by atoms with van der Waals surface area (Å²) in [5, 5.41) is 5.80. The molecule has 132 valence electrons. The molecule has 2 N–H and O–H groups in total. The molecule has 0 bridgehead atoms. The number of carbonyl (C=O) groups is 2. The van der Waals surface area contributed by atoms with Crippen LogP contribution in [0.25, 0.3) is 0 Å². The first-order valence-electron chi connectivity index (χ1n) is 8.33. The first-order valence-corrected chi connectivity index (χ1v) is 8.33. The van der Waals surface area contributed by atoms with Crippen molar-refractivity contribution in [2.24, 2.45) is 0 Å². The van der Waals surface area contributed by atoms with Gasteiger partial charge in [0.1, 0.15) is 11.7 Å². The van der Waals surface area contributed by atoms with Crippen LogP contribution in [0.1, 0.15) is 46.5 Å². The van der Waals surface area contributed by atoms with Crippen molar-refractivity contribution in [3.8, 4) is 0 Å². The van der Waals surface area contributed by atoms with Crippen molar-refractivity contribution in [1.82, 2.24) is 10.6 Å². The summed E-state index contributed by atoms with van der Waals surface area (Å²) in [4.78, 5) is 23.9. The number of hydrogen-bond donors (Lipinski definition) is 2. The van der Waals surface area contributed by atoms with Crippen molar-refractivity contribution in [1.29, 1.82) is 0 Å². The van der Waals surface area contributed by atoms with E-state index in [-0.39, 0.29) is 18.0 Å². The molecule has 0 aliphatic carbocycles. The van der Waals surface area contributed by atoms with E-state index in [0.29, 0.717) is 32.7 Å². The Morgan fingerprint density at radius 2 is 1.70 bits per heavy atom. The molecule has 0 unspecified atom stereocenters. The van der Waals surface area contributed by atoms with Gasteiger partial charge in [0.2, 0.25) is 5.91 Å². The highest BCUT2D eigenvalue weighted by Gasteiger charge is 2.30. The van der Waals surface area contributed by atoms with Gasteiger partial charge in [0, 0.05) is 19.3 Å². The van der Waals surface area contributed by atoms with E-state index >= 15 is 0 Å². The van der Waals surface area contributed by atoms with Crippen molar-refractivity contribution in [3.05, 3.63) is 0 Å². The predicted molar refractivity (Wildman–Crippen MR) is 84.1 cm³/mol. The summed E-state index contributed by atoms with van der Waals surface area (Å²) in [5.41, 5.74) is -0.522. The zero-order chi connectivity index (χ0) is 16.9. The zero-order valence-corrected chi connectivity index (χ0v) is 14.2. The van der Waals surface area contributed by atoms with Gasteiger partial charge in [0.25, 0.3) is 0 Å². The fraction of sp³-hybridized carbons (Fsp3) is 0.875. The Balaban J connectivity index is 1.68. The van der Waals surface area contributed by atoms with Crippen LogP contribution in [0.5, 0.6) is 0 Å². The summed E-state index contributed by atoms with van der Waals surface area (Å²) in [6, 6.07) is 0.0643. The number of rotatable bonds is 3. The molecule has 7 nitrogen and oxygen atoms in total. The minimum Gasteiger partial charge on any atom is -0.444 e. The molecule has 2 aliphatic heterocycles. The van der Waals surface area contributed by atoms with Crippen LogP contribution >= 0.6 is 0 Å². The Kier molecular flexibility index (Phi) is 6.24. The lowest BCUT2D eigenvalue weighted by atomic mass is 10.0. The molecule has 0 saturated carbocycles. The Labute approximate surface area is 137 Å². The van der Waals surface area contributed by atoms with Crippen LogP contribution in [0.4, 0.5) is 4.79 Å². The van der Waals surface area contributed by atoms with Crippen LogP contribution < -0.4 is 10.6 Å². The largest absolute Gasteiger partial charge is 0.444 e. The molecule has 2 rings (SSSR count). The molecule has 2 fully saturated rings. The van der Waals surface area contributed by atoms with Crippen molar-refractivity contribution < 1.29 is 23.8 Å². The van der Waals surface area contributed by atoms with Crippen LogP contribution in [-0.4, -0.2) is 55.6 Å². The van der Waals surface area contributed by atoms with Crippen molar-refractivity contribution in [3.63, 3.8) is 0 Å². The highest BCUT2D eigenvalue weighted by molar-refractivity contribution is 5.81. The lowest BCUT2D eigenvalue weighted by molar-refractivity contribution is -0.137. The average molecular weight is 328 g/mol. The smallest absolute Gasteiger partial charge is 0.407 e. The summed E-state index contributed by atoms with van der Waals surface area (Å²) < 4.78 is 16.1. The summed E-state index contributed by atoms with van der Waals surface area (Å²) in [6.45, 7) is 7.17. The Bertz CT molecular complexity index is 407. The van der Waals surface area contributed by atoms with Gasteiger partial charge >= 0.3 is 6.09 Å². The second-order valence-electron chi connectivity index (χ2n) is 7.14. The van der Waals surface area contributed by atoms with E-state index in [0.717, 1.165) is 12.8 Å². The first kappa shape index (κ1) is 18.0. The predicted octanol–water partition coefficient (Wildman–Crippen LogP) is 1.35. The Morgan fingerprint density at radius 3 is 2.26 bits per heavy atom. The van der Waals surface area contributed by atoms with Gasteiger partial charge in [0.05, 0.1) is 12.6 Å². The van der Waals surface area contributed by atoms with Gasteiger partial charge in [-0.2, -0.15) is 0 Å². The molecule has 2 aliphatic rings. The number of nitrogens with one attached hydrogen (secondary N) is 2. The van der Waals surface area contributed by atoms with Crippen molar-refractivity contribution in [2.75, 3.05) is 19.8 Å². The SMILES string of the molecule is CC(C)(C)OC(=O)N[C@@H]1CC[C@@H](C(=O)NC2CCOCC2)OC1. The topological polar surface area (TPSA) is 85.9 Å². The lowest BCUT2D eigenvalue weighted by Crippen LogP contribution is -2.50. The molecule has 2 heterocycles. The third-order valence-corrected chi connectivity index (χ3v) is 3.86. The number of carbonyl (C=O) groups excluding carboxylic acids is 2. The van der Waals surface area contributed by atoms with Crippen molar-refractivity contribution in [2.45, 2.75) is 70.2 Å². The maximum Gasteiger partial charge on any atom is 0.407 e. The second-order valence-corrected chi connectivity index (χ2v) is 7.14. The molecule has 0 aromatic heterocycles. The molecular weight excluding hydrogens is 300 g/mol. The van der Waals surface area contributed by atoms with E-state index in [1.54, 1.807) is 0 Å². The normalized spacial score (nSPS) is 26.4. The molecule has 2 saturated heterocycles. The van der Waals surface area contributed by atoms with E-state index in [2.05, 4.69) is 10.6 Å². The number of amides is 2. The average Bonchev–Trinajstić information content (AvgIpc) is 2.47. The van der Waals surface area contributed by atoms with Gasteiger partial charge < -0.3 is 24.8 Å². The molecule has 23 heavy (non-hydrogen) atoms. The minimum absolute atomic E-state index is 0.0624. The summed E-state index contributed by atoms with van der Waals surface area (Å²) in [7, 11) is 0. The third-order valence-electron chi connectivity index (χ3n) is 3.86. The van der Waals surface area contributed by atoms with E-state index in [1.807, 2.05) is 20.8 Å². The number of alkyl carbamates (subject to hydrolysis) is 1. The van der Waals surface area contributed by atoms with Crippen LogP contribution in [0, 0.1) is 0 Å². The molecule has 7 heteroatoms. The quantitative estimate of drug-likeness (QED) is 0.817. The van der Waals surface area contributed by atoms with Crippen LogP contribution in [-0.2, 0) is 19.0 Å². The lowest BCUT2D eigenvalue weighted by Gasteiger charge is -2.31. The Hall–Kier alpha value is -1.34. The summed E-state index contributed by atoms with van der Waals surface area (Å²) in [6.07, 6.45) is 2.11. The number of ether oxygens (including phenoxy) is 3. The maximum absolute atomic E-state index is 12.2. The molecule has 0 aromatic rings. The second kappa shape index (κ2) is 7.97. The van der Waals surface area contributed by atoms with Gasteiger partial charge in [-0.05, 0) is 46.5 Å². The van der Waals surface area contributed by atoms with Gasteiger partial charge in [0.15, 0.2) is 0 Å². The summed E-state index contributed by atoms with van der Waals surface area (Å²) >= 11 is 0. The third kappa shape index (κ3) is 6.35. The van der Waals surface area contributed by atoms with Gasteiger partial charge in [-0.25, -0.2) is 4.79 Å². The zero-order valence-electron chi connectivity index (χ0n) is 14.2. The molecule has 0 aromatic carbocycles. The Morgan fingerprint density at radius 1 is 1.00 bits per heavy atom. The van der Waals surface area contributed by atoms with Gasteiger partial charge in [-0.3, -0.25) is 4.79 Å². The molecule has 0 radical (unpaired) electrons. The molecule has 0 spiro atoms. The standard InChI is InChI=1S/C16H28N2O5/c1-16(2,3)23-15(20)18-12-4-5-13(22-10-12)14(19)17-11-6-8-21-9-7-11/h11-13H,4-10H2,1-3H3,(H,17,19)(H,18,20)/t12-,13+/m1/s1. The number of hydrogen-bond acceptors (Lipinski definition) is 5. The molecule has 2 amide bonds. The first-order chi connectivity index (χ1) is 10.8. The highest BCUT2D eigenvalue weighted by atomic mass is 16.6. The monoisotopic (exact) mass is 328 g/mol. The van der Waals surface area contributed by atoms with Crippen LogP contribution in [0.2, 0.25) is 0 Å². The van der Waals surface area contributed by atoms with E-state index in [4.69, 9.17) is 14.2 Å². The van der Waals surface area contributed by atoms with Crippen LogP contribution in [0.15, 0.2) is 0 Å².